The lowest BCUT2D eigenvalue weighted by atomic mass is 10.2. The minimum absolute atomic E-state index is 0. The summed E-state index contributed by atoms with van der Waals surface area (Å²) in [4.78, 5) is 21.1. The fourth-order valence-electron chi connectivity index (χ4n) is 2.88. The third-order valence-corrected chi connectivity index (χ3v) is 4.67. The number of halogens is 2. The molecule has 1 aromatic carbocycles. The summed E-state index contributed by atoms with van der Waals surface area (Å²) in [6.07, 6.45) is 3.15. The standard InChI is InChI=1S/C22H27ClN6O2.ClH/c1-14(2)13-31-20-6-5-17(23)8-16(20)12-29-15(3)7-19(28-29)22(30)27-21-11-25-18(9-24-4)10-26-21;/h5-8,10-11,14,24H,9,12-13H2,1-4H3,(H,26,27,30);1H. The van der Waals surface area contributed by atoms with Crippen LogP contribution in [0.4, 0.5) is 5.82 Å². The minimum atomic E-state index is -0.347. The van der Waals surface area contributed by atoms with Gasteiger partial charge in [0, 0.05) is 22.8 Å². The van der Waals surface area contributed by atoms with E-state index in [1.165, 1.54) is 6.20 Å². The molecular weight excluding hydrogens is 451 g/mol. The summed E-state index contributed by atoms with van der Waals surface area (Å²) >= 11 is 6.20. The van der Waals surface area contributed by atoms with Crippen LogP contribution < -0.4 is 15.4 Å². The quantitative estimate of drug-likeness (QED) is 0.480. The Balaban J connectivity index is 0.00000363. The highest BCUT2D eigenvalue weighted by Crippen LogP contribution is 2.25. The molecule has 3 aromatic rings. The third kappa shape index (κ3) is 6.91. The number of hydrogen-bond donors (Lipinski definition) is 2. The lowest BCUT2D eigenvalue weighted by Gasteiger charge is -2.14. The summed E-state index contributed by atoms with van der Waals surface area (Å²) < 4.78 is 7.68. The first-order valence-electron chi connectivity index (χ1n) is 10.1. The molecule has 0 spiro atoms. The first kappa shape index (κ1) is 25.6. The largest absolute Gasteiger partial charge is 0.493 e. The number of hydrogen-bond acceptors (Lipinski definition) is 6. The topological polar surface area (TPSA) is 94.0 Å². The van der Waals surface area contributed by atoms with Crippen LogP contribution in [-0.4, -0.2) is 39.3 Å². The summed E-state index contributed by atoms with van der Waals surface area (Å²) in [5.74, 6) is 1.19. The van der Waals surface area contributed by atoms with Gasteiger partial charge in [-0.05, 0) is 44.2 Å². The molecule has 0 aliphatic heterocycles. The van der Waals surface area contributed by atoms with Gasteiger partial charge in [-0.3, -0.25) is 14.5 Å². The van der Waals surface area contributed by atoms with Crippen molar-refractivity contribution in [2.24, 2.45) is 5.92 Å². The van der Waals surface area contributed by atoms with Crippen molar-refractivity contribution < 1.29 is 9.53 Å². The van der Waals surface area contributed by atoms with Gasteiger partial charge in [0.2, 0.25) is 0 Å². The van der Waals surface area contributed by atoms with E-state index in [1.54, 1.807) is 23.0 Å². The summed E-state index contributed by atoms with van der Waals surface area (Å²) in [6, 6.07) is 7.26. The van der Waals surface area contributed by atoms with E-state index >= 15 is 0 Å². The molecular formula is C22H28Cl2N6O2. The zero-order valence-electron chi connectivity index (χ0n) is 18.6. The molecule has 10 heteroatoms. The second-order valence-electron chi connectivity index (χ2n) is 7.66. The van der Waals surface area contributed by atoms with Gasteiger partial charge in [-0.15, -0.1) is 12.4 Å². The Bertz CT molecular complexity index is 1040. The third-order valence-electron chi connectivity index (χ3n) is 4.43. The van der Waals surface area contributed by atoms with Crippen LogP contribution in [0, 0.1) is 12.8 Å². The molecule has 172 valence electrons. The van der Waals surface area contributed by atoms with Crippen LogP contribution in [-0.2, 0) is 13.1 Å². The molecule has 0 aliphatic rings. The number of aryl methyl sites for hydroxylation is 1. The second-order valence-corrected chi connectivity index (χ2v) is 8.10. The zero-order valence-corrected chi connectivity index (χ0v) is 20.1. The maximum atomic E-state index is 12.6. The number of carbonyl (C=O) groups is 1. The Hall–Kier alpha value is -2.68. The molecule has 0 aliphatic carbocycles. The van der Waals surface area contributed by atoms with Crippen molar-refractivity contribution in [3.8, 4) is 5.75 Å². The van der Waals surface area contributed by atoms with Crippen LogP contribution in [0.5, 0.6) is 5.75 Å². The van der Waals surface area contributed by atoms with Gasteiger partial charge in [0.1, 0.15) is 5.75 Å². The van der Waals surface area contributed by atoms with Gasteiger partial charge in [0.15, 0.2) is 11.5 Å². The number of anilines is 1. The highest BCUT2D eigenvalue weighted by Gasteiger charge is 2.15. The number of carbonyl (C=O) groups excluding carboxylic acids is 1. The van der Waals surface area contributed by atoms with Gasteiger partial charge >= 0.3 is 0 Å². The minimum Gasteiger partial charge on any atom is -0.493 e. The average Bonchev–Trinajstić information content (AvgIpc) is 3.09. The Morgan fingerprint density at radius 2 is 2.00 bits per heavy atom. The number of ether oxygens (including phenoxy) is 1. The van der Waals surface area contributed by atoms with E-state index in [4.69, 9.17) is 16.3 Å². The van der Waals surface area contributed by atoms with Crippen LogP contribution in [0.1, 0.15) is 41.3 Å². The summed E-state index contributed by atoms with van der Waals surface area (Å²) in [5.41, 5.74) is 2.83. The molecule has 0 saturated carbocycles. The Kier molecular flexibility index (Phi) is 9.43. The highest BCUT2D eigenvalue weighted by atomic mass is 35.5. The van der Waals surface area contributed by atoms with Gasteiger partial charge in [-0.1, -0.05) is 25.4 Å². The number of nitrogens with zero attached hydrogens (tertiary/aromatic N) is 4. The number of amides is 1. The van der Waals surface area contributed by atoms with Crippen LogP contribution >= 0.6 is 24.0 Å². The van der Waals surface area contributed by atoms with E-state index in [2.05, 4.69) is 39.5 Å². The van der Waals surface area contributed by atoms with Crippen molar-refractivity contribution in [1.29, 1.82) is 0 Å². The molecule has 0 unspecified atom stereocenters. The molecule has 0 fully saturated rings. The van der Waals surface area contributed by atoms with E-state index in [1.807, 2.05) is 26.1 Å². The molecule has 1 amide bonds. The van der Waals surface area contributed by atoms with Crippen molar-refractivity contribution in [1.82, 2.24) is 25.1 Å². The van der Waals surface area contributed by atoms with Crippen molar-refractivity contribution in [3.05, 3.63) is 64.3 Å². The van der Waals surface area contributed by atoms with Gasteiger partial charge in [0.05, 0.1) is 31.2 Å². The predicted octanol–water partition coefficient (Wildman–Crippen LogP) is 4.11. The van der Waals surface area contributed by atoms with Crippen LogP contribution in [0.15, 0.2) is 36.7 Å². The second kappa shape index (κ2) is 11.8. The first-order chi connectivity index (χ1) is 14.9. The summed E-state index contributed by atoms with van der Waals surface area (Å²) in [7, 11) is 1.83. The molecule has 8 nitrogen and oxygen atoms in total. The lowest BCUT2D eigenvalue weighted by molar-refractivity contribution is 0.102. The number of aromatic nitrogens is 4. The molecule has 0 bridgehead atoms. The SMILES string of the molecule is CNCc1cnc(NC(=O)c2cc(C)n(Cc3cc(Cl)ccc3OCC(C)C)n2)cn1.Cl. The smallest absolute Gasteiger partial charge is 0.277 e. The first-order valence-corrected chi connectivity index (χ1v) is 10.5. The predicted molar refractivity (Wildman–Crippen MR) is 128 cm³/mol. The lowest BCUT2D eigenvalue weighted by Crippen LogP contribution is -2.15. The molecule has 0 radical (unpaired) electrons. The fraction of sp³-hybridized carbons (Fsp3) is 0.364. The Morgan fingerprint density at radius 3 is 2.66 bits per heavy atom. The van der Waals surface area contributed by atoms with Gasteiger partial charge in [-0.2, -0.15) is 5.10 Å². The van der Waals surface area contributed by atoms with Gasteiger partial charge in [-0.25, -0.2) is 4.98 Å². The van der Waals surface area contributed by atoms with E-state index < -0.39 is 0 Å². The molecule has 0 saturated heterocycles. The average molecular weight is 479 g/mol. The van der Waals surface area contributed by atoms with Crippen LogP contribution in [0.3, 0.4) is 0 Å². The molecule has 32 heavy (non-hydrogen) atoms. The zero-order chi connectivity index (χ0) is 22.4. The monoisotopic (exact) mass is 478 g/mol. The summed E-state index contributed by atoms with van der Waals surface area (Å²) in [6.45, 7) is 7.74. The molecule has 2 heterocycles. The maximum absolute atomic E-state index is 12.6. The van der Waals surface area contributed by atoms with Crippen molar-refractivity contribution >= 4 is 35.7 Å². The molecule has 0 atom stereocenters. The van der Waals surface area contributed by atoms with Crippen LogP contribution in [0.2, 0.25) is 5.02 Å². The normalized spacial score (nSPS) is 10.7. The van der Waals surface area contributed by atoms with Gasteiger partial charge < -0.3 is 15.4 Å². The maximum Gasteiger partial charge on any atom is 0.277 e. The number of benzene rings is 1. The van der Waals surface area contributed by atoms with Gasteiger partial charge in [0.25, 0.3) is 5.91 Å². The molecule has 3 rings (SSSR count). The van der Waals surface area contributed by atoms with Crippen molar-refractivity contribution in [3.63, 3.8) is 0 Å². The van der Waals surface area contributed by atoms with Crippen molar-refractivity contribution in [2.45, 2.75) is 33.9 Å². The van der Waals surface area contributed by atoms with E-state index in [0.717, 1.165) is 22.7 Å². The van der Waals surface area contributed by atoms with E-state index in [0.29, 0.717) is 42.1 Å². The molecule has 2 N–H and O–H groups in total. The fourth-order valence-corrected chi connectivity index (χ4v) is 3.08. The number of rotatable bonds is 9. The van der Waals surface area contributed by atoms with Crippen LogP contribution in [0.25, 0.3) is 0 Å². The van der Waals surface area contributed by atoms with E-state index in [9.17, 15) is 4.79 Å². The summed E-state index contributed by atoms with van der Waals surface area (Å²) in [5, 5.41) is 10.8. The molecule has 2 aromatic heterocycles. The van der Waals surface area contributed by atoms with Crippen molar-refractivity contribution in [2.75, 3.05) is 19.0 Å². The highest BCUT2D eigenvalue weighted by molar-refractivity contribution is 6.30. The van der Waals surface area contributed by atoms with E-state index in [-0.39, 0.29) is 18.3 Å². The number of nitrogens with one attached hydrogen (secondary N) is 2. The Labute approximate surface area is 199 Å². The Morgan fingerprint density at radius 1 is 1.22 bits per heavy atom.